The van der Waals surface area contributed by atoms with Gasteiger partial charge >= 0.3 is 12.0 Å². The standard InChI is InChI=1S/C18H26N4O5S/c1-4-27-17(23)10-7-15-5-8-16(9-6-15)19-18(24)21-11-13-22(14-12-21)28(25,26)20(2)3/h5-10H,4,11-14H2,1-3H3,(H,19,24)/b10-7+. The van der Waals surface area contributed by atoms with E-state index in [0.29, 0.717) is 25.4 Å². The molecule has 1 aromatic carbocycles. The number of benzene rings is 1. The summed E-state index contributed by atoms with van der Waals surface area (Å²) in [4.78, 5) is 25.3. The van der Waals surface area contributed by atoms with Gasteiger partial charge in [0, 0.05) is 52.0 Å². The van der Waals surface area contributed by atoms with Crippen LogP contribution in [0, 0.1) is 0 Å². The lowest BCUT2D eigenvalue weighted by atomic mass is 10.2. The van der Waals surface area contributed by atoms with Crippen LogP contribution in [-0.4, -0.2) is 80.8 Å². The number of nitrogens with one attached hydrogen (secondary N) is 1. The van der Waals surface area contributed by atoms with Gasteiger partial charge in [-0.1, -0.05) is 12.1 Å². The van der Waals surface area contributed by atoms with E-state index in [1.807, 2.05) is 0 Å². The Hall–Kier alpha value is -2.43. The third-order valence-corrected chi connectivity index (χ3v) is 6.11. The number of carbonyl (C=O) groups is 2. The second-order valence-electron chi connectivity index (χ2n) is 6.31. The number of anilines is 1. The van der Waals surface area contributed by atoms with Crippen molar-refractivity contribution in [2.24, 2.45) is 0 Å². The first-order valence-electron chi connectivity index (χ1n) is 8.92. The number of hydrogen-bond acceptors (Lipinski definition) is 5. The molecule has 1 aliphatic rings. The summed E-state index contributed by atoms with van der Waals surface area (Å²) in [6.07, 6.45) is 2.98. The van der Waals surface area contributed by atoms with Crippen LogP contribution < -0.4 is 5.32 Å². The molecule has 0 atom stereocenters. The quantitative estimate of drug-likeness (QED) is 0.562. The highest BCUT2D eigenvalue weighted by atomic mass is 32.2. The van der Waals surface area contributed by atoms with E-state index in [2.05, 4.69) is 5.32 Å². The van der Waals surface area contributed by atoms with Gasteiger partial charge in [-0.3, -0.25) is 0 Å². The highest BCUT2D eigenvalue weighted by Crippen LogP contribution is 2.14. The van der Waals surface area contributed by atoms with Gasteiger partial charge in [0.1, 0.15) is 0 Å². The molecule has 0 saturated carbocycles. The molecule has 28 heavy (non-hydrogen) atoms. The summed E-state index contributed by atoms with van der Waals surface area (Å²) in [6, 6.07) is 6.72. The van der Waals surface area contributed by atoms with Crippen molar-refractivity contribution in [1.82, 2.24) is 13.5 Å². The molecule has 0 aliphatic carbocycles. The summed E-state index contributed by atoms with van der Waals surface area (Å²) in [5.41, 5.74) is 1.41. The van der Waals surface area contributed by atoms with E-state index >= 15 is 0 Å². The Bertz CT molecular complexity index is 813. The van der Waals surface area contributed by atoms with Gasteiger partial charge in [-0.05, 0) is 30.7 Å². The number of nitrogens with zero attached hydrogens (tertiary/aromatic N) is 3. The Kier molecular flexibility index (Phi) is 7.55. The van der Waals surface area contributed by atoms with E-state index < -0.39 is 16.2 Å². The van der Waals surface area contributed by atoms with Gasteiger partial charge in [0.05, 0.1) is 6.61 Å². The highest BCUT2D eigenvalue weighted by Gasteiger charge is 2.30. The second-order valence-corrected chi connectivity index (χ2v) is 8.46. The number of carbonyl (C=O) groups excluding carboxylic acids is 2. The highest BCUT2D eigenvalue weighted by molar-refractivity contribution is 7.86. The summed E-state index contributed by atoms with van der Waals surface area (Å²) in [7, 11) is -0.487. The number of rotatable bonds is 6. The van der Waals surface area contributed by atoms with Crippen LogP contribution in [0.15, 0.2) is 30.3 Å². The molecule has 1 heterocycles. The monoisotopic (exact) mass is 410 g/mol. The zero-order chi connectivity index (χ0) is 20.7. The van der Waals surface area contributed by atoms with E-state index in [4.69, 9.17) is 4.74 Å². The van der Waals surface area contributed by atoms with Gasteiger partial charge in [-0.2, -0.15) is 17.0 Å². The molecule has 9 nitrogen and oxygen atoms in total. The number of amides is 2. The van der Waals surface area contributed by atoms with Gasteiger partial charge in [0.25, 0.3) is 10.2 Å². The molecule has 1 N–H and O–H groups in total. The van der Waals surface area contributed by atoms with Crippen molar-refractivity contribution >= 4 is 34.0 Å². The van der Waals surface area contributed by atoms with Gasteiger partial charge in [-0.15, -0.1) is 0 Å². The van der Waals surface area contributed by atoms with Crippen molar-refractivity contribution in [1.29, 1.82) is 0 Å². The van der Waals surface area contributed by atoms with Crippen molar-refractivity contribution < 1.29 is 22.7 Å². The minimum absolute atomic E-state index is 0.255. The third-order valence-electron chi connectivity index (χ3n) is 4.17. The number of esters is 1. The summed E-state index contributed by atoms with van der Waals surface area (Å²) in [6.45, 7) is 3.21. The average Bonchev–Trinajstić information content (AvgIpc) is 2.67. The van der Waals surface area contributed by atoms with Crippen LogP contribution in [-0.2, 0) is 19.7 Å². The Morgan fingerprint density at radius 2 is 1.75 bits per heavy atom. The molecule has 0 unspecified atom stereocenters. The zero-order valence-corrected chi connectivity index (χ0v) is 17.1. The van der Waals surface area contributed by atoms with E-state index in [-0.39, 0.29) is 19.1 Å². The smallest absolute Gasteiger partial charge is 0.330 e. The molecule has 1 fully saturated rings. The fourth-order valence-electron chi connectivity index (χ4n) is 2.59. The van der Waals surface area contributed by atoms with Crippen LogP contribution in [0.4, 0.5) is 10.5 Å². The van der Waals surface area contributed by atoms with E-state index in [1.165, 1.54) is 28.8 Å². The van der Waals surface area contributed by atoms with Crippen LogP contribution in [0.1, 0.15) is 12.5 Å². The maximum atomic E-state index is 12.4. The maximum Gasteiger partial charge on any atom is 0.330 e. The molecular formula is C18H26N4O5S. The lowest BCUT2D eigenvalue weighted by Gasteiger charge is -2.35. The van der Waals surface area contributed by atoms with Gasteiger partial charge in [0.2, 0.25) is 0 Å². The fraction of sp³-hybridized carbons (Fsp3) is 0.444. The zero-order valence-electron chi connectivity index (χ0n) is 16.3. The Balaban J connectivity index is 1.88. The largest absolute Gasteiger partial charge is 0.463 e. The molecule has 10 heteroatoms. The van der Waals surface area contributed by atoms with Crippen LogP contribution in [0.2, 0.25) is 0 Å². The van der Waals surface area contributed by atoms with Gasteiger partial charge in [-0.25, -0.2) is 9.59 Å². The van der Waals surface area contributed by atoms with E-state index in [0.717, 1.165) is 5.56 Å². The number of piperazine rings is 1. The van der Waals surface area contributed by atoms with Gasteiger partial charge in [0.15, 0.2) is 0 Å². The van der Waals surface area contributed by atoms with Crippen molar-refractivity contribution in [2.45, 2.75) is 6.92 Å². The van der Waals surface area contributed by atoms with Crippen LogP contribution in [0.25, 0.3) is 6.08 Å². The lowest BCUT2D eigenvalue weighted by molar-refractivity contribution is -0.137. The van der Waals surface area contributed by atoms with Gasteiger partial charge < -0.3 is 15.0 Å². The van der Waals surface area contributed by atoms with Crippen molar-refractivity contribution in [2.75, 3.05) is 52.2 Å². The minimum atomic E-state index is -3.46. The topological polar surface area (TPSA) is 99.3 Å². The van der Waals surface area contributed by atoms with E-state index in [1.54, 1.807) is 42.2 Å². The molecule has 0 aromatic heterocycles. The number of urea groups is 1. The molecule has 1 saturated heterocycles. The molecule has 2 rings (SSSR count). The Labute approximate surface area is 165 Å². The summed E-state index contributed by atoms with van der Waals surface area (Å²) >= 11 is 0. The predicted octanol–water partition coefficient (Wildman–Crippen LogP) is 1.22. The summed E-state index contributed by atoms with van der Waals surface area (Å²) in [5.74, 6) is -0.407. The Morgan fingerprint density at radius 1 is 1.14 bits per heavy atom. The van der Waals surface area contributed by atoms with Crippen molar-refractivity contribution in [3.8, 4) is 0 Å². The number of ether oxygens (including phenoxy) is 1. The van der Waals surface area contributed by atoms with Crippen molar-refractivity contribution in [3.05, 3.63) is 35.9 Å². The summed E-state index contributed by atoms with van der Waals surface area (Å²) in [5, 5.41) is 2.79. The summed E-state index contributed by atoms with van der Waals surface area (Å²) < 4.78 is 31.6. The first kappa shape index (κ1) is 21.9. The maximum absolute atomic E-state index is 12.4. The molecule has 1 aliphatic heterocycles. The Morgan fingerprint density at radius 3 is 2.29 bits per heavy atom. The fourth-order valence-corrected chi connectivity index (χ4v) is 3.67. The molecular weight excluding hydrogens is 384 g/mol. The van der Waals surface area contributed by atoms with E-state index in [9.17, 15) is 18.0 Å². The average molecular weight is 410 g/mol. The predicted molar refractivity (Wildman–Crippen MR) is 107 cm³/mol. The molecule has 2 amide bonds. The first-order chi connectivity index (χ1) is 13.2. The SMILES string of the molecule is CCOC(=O)/C=C/c1ccc(NC(=O)N2CCN(S(=O)(=O)N(C)C)CC2)cc1. The van der Waals surface area contributed by atoms with Crippen molar-refractivity contribution in [3.63, 3.8) is 0 Å². The van der Waals surface area contributed by atoms with Crippen LogP contribution in [0.5, 0.6) is 0 Å². The number of hydrogen-bond donors (Lipinski definition) is 1. The molecule has 0 radical (unpaired) electrons. The molecule has 0 spiro atoms. The first-order valence-corrected chi connectivity index (χ1v) is 10.3. The van der Waals surface area contributed by atoms with Crippen LogP contribution >= 0.6 is 0 Å². The minimum Gasteiger partial charge on any atom is -0.463 e. The normalized spacial score (nSPS) is 15.8. The van der Waals surface area contributed by atoms with Crippen LogP contribution in [0.3, 0.4) is 0 Å². The third kappa shape index (κ3) is 5.78. The molecule has 1 aromatic rings. The second kappa shape index (κ2) is 9.67. The lowest BCUT2D eigenvalue weighted by Crippen LogP contribution is -2.53. The molecule has 0 bridgehead atoms. The molecule has 154 valence electrons.